The molecule has 3 rings (SSSR count). The first-order valence-electron chi connectivity index (χ1n) is 11.5. The van der Waals surface area contributed by atoms with Crippen LogP contribution in [-0.2, 0) is 0 Å². The van der Waals surface area contributed by atoms with Gasteiger partial charge in [0, 0.05) is 78.6 Å². The first kappa shape index (κ1) is 26.3. The molecule has 0 aliphatic carbocycles. The molecule has 1 aromatic heterocycles. The van der Waals surface area contributed by atoms with E-state index in [2.05, 4.69) is 52.5 Å². The summed E-state index contributed by atoms with van der Waals surface area (Å²) < 4.78 is 9.79. The van der Waals surface area contributed by atoms with Gasteiger partial charge in [-0.1, -0.05) is 36.7 Å². The highest BCUT2D eigenvalue weighted by atomic mass is 35.5. The van der Waals surface area contributed by atoms with Crippen molar-refractivity contribution in [1.29, 1.82) is 0 Å². The van der Waals surface area contributed by atoms with Gasteiger partial charge in [0.15, 0.2) is 0 Å². The van der Waals surface area contributed by atoms with Crippen molar-refractivity contribution in [3.05, 3.63) is 76.7 Å². The molecule has 0 N–H and O–H groups in total. The van der Waals surface area contributed by atoms with E-state index in [0.717, 1.165) is 60.7 Å². The van der Waals surface area contributed by atoms with Crippen LogP contribution in [0, 0.1) is 0 Å². The lowest BCUT2D eigenvalue weighted by atomic mass is 9.95. The number of rotatable bonds is 9. The number of allylic oxidation sites excluding steroid dienone is 3. The van der Waals surface area contributed by atoms with Crippen LogP contribution in [0.25, 0.3) is 5.57 Å². The lowest BCUT2D eigenvalue weighted by Crippen LogP contribution is -2.43. The Morgan fingerprint density at radius 2 is 1.79 bits per heavy atom. The third kappa shape index (κ3) is 7.34. The Hall–Kier alpha value is -2.32. The quantitative estimate of drug-likeness (QED) is 0.329. The van der Waals surface area contributed by atoms with Gasteiger partial charge in [-0.15, -0.1) is 0 Å². The summed E-state index contributed by atoms with van der Waals surface area (Å²) in [7, 11) is 5.78. The molecule has 0 radical (unpaired) electrons. The summed E-state index contributed by atoms with van der Waals surface area (Å²) in [5.74, 6) is 0.579. The molecule has 182 valence electrons. The van der Waals surface area contributed by atoms with Crippen molar-refractivity contribution in [3.8, 4) is 5.88 Å². The van der Waals surface area contributed by atoms with Gasteiger partial charge in [-0.3, -0.25) is 4.99 Å². The van der Waals surface area contributed by atoms with Crippen LogP contribution in [-0.4, -0.2) is 71.6 Å². The van der Waals surface area contributed by atoms with E-state index >= 15 is 0 Å². The maximum absolute atomic E-state index is 6.15. The number of hydrogen-bond donors (Lipinski definition) is 0. The number of methoxy groups -OCH3 is 1. The third-order valence-corrected chi connectivity index (χ3v) is 6.61. The van der Waals surface area contributed by atoms with Crippen LogP contribution in [0.1, 0.15) is 31.4 Å². The fourth-order valence-electron chi connectivity index (χ4n) is 3.72. The Labute approximate surface area is 213 Å². The van der Waals surface area contributed by atoms with E-state index in [1.165, 1.54) is 0 Å². The van der Waals surface area contributed by atoms with Crippen molar-refractivity contribution in [1.82, 2.24) is 18.5 Å². The highest BCUT2D eigenvalue weighted by Gasteiger charge is 2.18. The minimum Gasteiger partial charge on any atom is -0.481 e. The minimum atomic E-state index is 0.579. The van der Waals surface area contributed by atoms with Gasteiger partial charge in [0.05, 0.1) is 12.8 Å². The van der Waals surface area contributed by atoms with E-state index in [1.807, 2.05) is 48.8 Å². The first-order chi connectivity index (χ1) is 16.4. The van der Waals surface area contributed by atoms with Gasteiger partial charge in [-0.25, -0.2) is 13.6 Å². The smallest absolute Gasteiger partial charge is 0.212 e. The second-order valence-corrected chi connectivity index (χ2v) is 10.0. The number of aromatic nitrogens is 1. The zero-order chi connectivity index (χ0) is 24.5. The summed E-state index contributed by atoms with van der Waals surface area (Å²) in [5.41, 5.74) is 5.09. The lowest BCUT2D eigenvalue weighted by molar-refractivity contribution is 0.237. The van der Waals surface area contributed by atoms with E-state index in [-0.39, 0.29) is 0 Å². The summed E-state index contributed by atoms with van der Waals surface area (Å²) in [6.07, 6.45) is 6.88. The van der Waals surface area contributed by atoms with Crippen LogP contribution in [0.3, 0.4) is 0 Å². The number of halogens is 1. The monoisotopic (exact) mass is 499 g/mol. The fraction of sp³-hybridized carbons (Fsp3) is 0.385. The van der Waals surface area contributed by atoms with Crippen molar-refractivity contribution in [3.63, 3.8) is 0 Å². The lowest BCUT2D eigenvalue weighted by Gasteiger charge is -2.36. The predicted octanol–water partition coefficient (Wildman–Crippen LogP) is 5.63. The highest BCUT2D eigenvalue weighted by molar-refractivity contribution is 7.94. The van der Waals surface area contributed by atoms with Gasteiger partial charge < -0.3 is 9.64 Å². The van der Waals surface area contributed by atoms with Gasteiger partial charge in [-0.2, -0.15) is 0 Å². The number of benzene rings is 1. The Morgan fingerprint density at radius 1 is 1.12 bits per heavy atom. The van der Waals surface area contributed by atoms with E-state index < -0.39 is 0 Å². The van der Waals surface area contributed by atoms with Crippen LogP contribution in [0.5, 0.6) is 5.88 Å². The molecular weight excluding hydrogens is 466 g/mol. The molecule has 0 amide bonds. The van der Waals surface area contributed by atoms with Gasteiger partial charge in [0.2, 0.25) is 5.88 Å². The molecule has 1 aliphatic heterocycles. The molecule has 8 heteroatoms. The van der Waals surface area contributed by atoms with Crippen molar-refractivity contribution in [2.24, 2.45) is 4.99 Å². The molecule has 2 aromatic rings. The average molecular weight is 500 g/mol. The summed E-state index contributed by atoms with van der Waals surface area (Å²) in [4.78, 5) is 11.8. The molecule has 0 bridgehead atoms. The summed E-state index contributed by atoms with van der Waals surface area (Å²) in [6, 6.07) is 11.8. The molecule has 34 heavy (non-hydrogen) atoms. The molecule has 1 aliphatic rings. The van der Waals surface area contributed by atoms with Crippen LogP contribution < -0.4 is 4.74 Å². The first-order valence-corrected chi connectivity index (χ1v) is 12.6. The molecule has 0 unspecified atom stereocenters. The normalized spacial score (nSPS) is 16.3. The summed E-state index contributed by atoms with van der Waals surface area (Å²) in [5, 5.41) is 0.714. The summed E-state index contributed by atoms with van der Waals surface area (Å²) >= 11 is 7.93. The van der Waals surface area contributed by atoms with Crippen molar-refractivity contribution in [2.45, 2.75) is 20.3 Å². The molecule has 0 atom stereocenters. The second kappa shape index (κ2) is 13.0. The number of nitrogens with zero attached hydrogens (tertiary/aromatic N) is 5. The third-order valence-electron chi connectivity index (χ3n) is 5.43. The molecule has 1 saturated heterocycles. The minimum absolute atomic E-state index is 0.579. The Morgan fingerprint density at radius 3 is 2.35 bits per heavy atom. The molecule has 0 saturated carbocycles. The number of pyridine rings is 1. The molecular formula is C26H34ClN5OS. The maximum Gasteiger partial charge on any atom is 0.212 e. The van der Waals surface area contributed by atoms with Crippen LogP contribution in [0.4, 0.5) is 0 Å². The number of piperazine rings is 1. The predicted molar refractivity (Wildman–Crippen MR) is 145 cm³/mol. The Bertz CT molecular complexity index is 1010. The van der Waals surface area contributed by atoms with E-state index in [9.17, 15) is 0 Å². The summed E-state index contributed by atoms with van der Waals surface area (Å²) in [6.45, 7) is 8.25. The van der Waals surface area contributed by atoms with Crippen molar-refractivity contribution < 1.29 is 4.74 Å². The van der Waals surface area contributed by atoms with E-state index in [1.54, 1.807) is 19.2 Å². The topological polar surface area (TPSA) is 44.2 Å². The number of ether oxygens (including phenoxy) is 1. The largest absolute Gasteiger partial charge is 0.481 e. The van der Waals surface area contributed by atoms with Gasteiger partial charge >= 0.3 is 0 Å². The standard InChI is InChI=1S/C26H34ClN5OS/c1-6-7-24(21-8-11-23(27)12-9-21)26(22-10-13-25(33-5)28-19-22)29-18-20(2)31-14-16-32(17-15-31)34-30(3)4/h7-13,18-19H,6,14-17H2,1-5H3/b20-18+,24-7+,29-26+. The number of hydrogen-bond acceptors (Lipinski definition) is 7. The SMILES string of the molecule is CC/C=C(/C(=N/C=C(\C)N1CCN(SN(C)C)CC1)c1ccc(OC)nc1)c1ccc(Cl)cc1. The maximum atomic E-state index is 6.15. The highest BCUT2D eigenvalue weighted by Crippen LogP contribution is 2.25. The second-order valence-electron chi connectivity index (χ2n) is 8.18. The Kier molecular flexibility index (Phi) is 10.0. The van der Waals surface area contributed by atoms with Gasteiger partial charge in [0.1, 0.15) is 0 Å². The molecule has 0 spiro atoms. The van der Waals surface area contributed by atoms with Crippen LogP contribution >= 0.6 is 23.7 Å². The zero-order valence-corrected chi connectivity index (χ0v) is 22.2. The molecule has 6 nitrogen and oxygen atoms in total. The molecule has 2 heterocycles. The van der Waals surface area contributed by atoms with Crippen LogP contribution in [0.2, 0.25) is 5.02 Å². The zero-order valence-electron chi connectivity index (χ0n) is 20.7. The average Bonchev–Trinajstić information content (AvgIpc) is 2.84. The molecule has 1 fully saturated rings. The van der Waals surface area contributed by atoms with Crippen molar-refractivity contribution >= 4 is 35.0 Å². The molecule has 1 aromatic carbocycles. The fourth-order valence-corrected chi connectivity index (χ4v) is 4.63. The van der Waals surface area contributed by atoms with Crippen LogP contribution in [0.15, 0.2) is 65.6 Å². The van der Waals surface area contributed by atoms with E-state index in [4.69, 9.17) is 21.3 Å². The van der Waals surface area contributed by atoms with E-state index in [0.29, 0.717) is 10.9 Å². The Balaban J connectivity index is 1.92. The van der Waals surface area contributed by atoms with Gasteiger partial charge in [0.25, 0.3) is 0 Å². The van der Waals surface area contributed by atoms with Gasteiger partial charge in [-0.05, 0) is 51.2 Å². The van der Waals surface area contributed by atoms with Crippen molar-refractivity contribution in [2.75, 3.05) is 47.4 Å². The number of aliphatic imine (C=N–C) groups is 1.